The largest absolute Gasteiger partial charge is 0.614 e. The fraction of sp³-hybridized carbons (Fsp3) is 0.175. The smallest absolute Gasteiger partial charge is 0.354 e. The zero-order valence-corrected chi connectivity index (χ0v) is 30.9. The number of thiazole rings is 1. The number of hydrogen-bond acceptors (Lipinski definition) is 11. The number of nitrogens with zero attached hydrogens (tertiary/aromatic N) is 4. The zero-order chi connectivity index (χ0) is 38.3. The van der Waals surface area contributed by atoms with Crippen LogP contribution < -0.4 is 10.6 Å². The summed E-state index contributed by atoms with van der Waals surface area (Å²) in [6, 6.07) is 33.5. The van der Waals surface area contributed by atoms with Crippen LogP contribution in [-0.4, -0.2) is 77.3 Å². The number of amides is 2. The quantitative estimate of drug-likeness (QED) is 0.0496. The van der Waals surface area contributed by atoms with Crippen molar-refractivity contribution in [2.24, 2.45) is 5.16 Å². The Morgan fingerprint density at radius 2 is 1.55 bits per heavy atom. The maximum atomic E-state index is 13.9. The number of rotatable bonds is 11. The van der Waals surface area contributed by atoms with E-state index in [4.69, 9.17) is 9.82 Å². The van der Waals surface area contributed by atoms with Crippen molar-refractivity contribution in [3.05, 3.63) is 159 Å². The molecule has 3 aliphatic heterocycles. The van der Waals surface area contributed by atoms with Crippen LogP contribution in [0.25, 0.3) is 0 Å². The summed E-state index contributed by atoms with van der Waals surface area (Å²) in [6.45, 7) is 0.612. The number of phenols is 1. The zero-order valence-electron chi connectivity index (χ0n) is 29.3. The Kier molecular flexibility index (Phi) is 9.50. The third-order valence-corrected chi connectivity index (χ3v) is 12.3. The number of β-lactam (4-membered cyclic amide) rings is 1. The van der Waals surface area contributed by atoms with E-state index in [9.17, 15) is 29.1 Å². The molecule has 3 aliphatic rings. The van der Waals surface area contributed by atoms with Crippen LogP contribution in [-0.2, 0) is 49.0 Å². The molecule has 0 aliphatic carbocycles. The van der Waals surface area contributed by atoms with Gasteiger partial charge in [0.2, 0.25) is 5.37 Å². The van der Waals surface area contributed by atoms with E-state index in [1.54, 1.807) is 28.5 Å². The first kappa shape index (κ1) is 35.8. The van der Waals surface area contributed by atoms with Crippen LogP contribution in [0.15, 0.2) is 131 Å². The summed E-state index contributed by atoms with van der Waals surface area (Å²) in [5.41, 5.74) is 3.57. The first-order chi connectivity index (χ1) is 26.7. The van der Waals surface area contributed by atoms with Crippen LogP contribution in [0.5, 0.6) is 5.75 Å². The number of hydrogen-bond donors (Lipinski definition) is 4. The minimum Gasteiger partial charge on any atom is -0.614 e. The second-order valence-corrected chi connectivity index (χ2v) is 15.5. The van der Waals surface area contributed by atoms with Gasteiger partial charge in [0.15, 0.2) is 22.6 Å². The summed E-state index contributed by atoms with van der Waals surface area (Å²) in [6.07, 6.45) is 0. The highest BCUT2D eigenvalue weighted by atomic mass is 32.2. The van der Waals surface area contributed by atoms with E-state index in [1.807, 2.05) is 91.0 Å². The van der Waals surface area contributed by atoms with E-state index in [2.05, 4.69) is 15.8 Å². The number of carbonyl (C=O) groups excluding carboxylic acids is 2. The highest BCUT2D eigenvalue weighted by Crippen LogP contribution is 2.42. The molecule has 5 aromatic rings. The van der Waals surface area contributed by atoms with Crippen LogP contribution >= 0.6 is 11.3 Å². The van der Waals surface area contributed by atoms with Gasteiger partial charge in [0, 0.05) is 18.5 Å². The van der Waals surface area contributed by atoms with E-state index < -0.39 is 45.9 Å². The number of oxime groups is 1. The molecule has 4 N–H and O–H groups in total. The Labute approximate surface area is 322 Å². The maximum Gasteiger partial charge on any atom is 0.354 e. The second kappa shape index (κ2) is 14.6. The number of anilines is 1. The molecule has 0 saturated carbocycles. The SMILES string of the molecule is CO/N=C(\C(=O)NC1C(=O)N2C(C(=O)O)=C(N3Cc4ccc(O)cc4C3)C[S+]([O-])[C@@H]12)c1csc(NC(c2ccccc2)(c2ccccc2)c2ccccc2)n1. The molecule has 278 valence electrons. The molecule has 4 aromatic carbocycles. The molecule has 13 nitrogen and oxygen atoms in total. The number of benzene rings is 4. The van der Waals surface area contributed by atoms with Gasteiger partial charge in [0.25, 0.3) is 11.8 Å². The third-order valence-electron chi connectivity index (χ3n) is 9.95. The number of aromatic hydroxyl groups is 1. The molecule has 2 amide bonds. The number of carboxylic acid groups (broad SMARTS) is 1. The highest BCUT2D eigenvalue weighted by molar-refractivity contribution is 7.92. The van der Waals surface area contributed by atoms with Crippen molar-refractivity contribution in [3.63, 3.8) is 0 Å². The minimum absolute atomic E-state index is 0.0815. The van der Waals surface area contributed by atoms with Crippen molar-refractivity contribution in [2.45, 2.75) is 30.0 Å². The van der Waals surface area contributed by atoms with Gasteiger partial charge >= 0.3 is 5.97 Å². The van der Waals surface area contributed by atoms with Crippen LogP contribution in [0.4, 0.5) is 5.13 Å². The lowest BCUT2D eigenvalue weighted by molar-refractivity contribution is -0.150. The molecular formula is C40H34N6O7S2. The van der Waals surface area contributed by atoms with Crippen LogP contribution in [0, 0.1) is 0 Å². The van der Waals surface area contributed by atoms with Gasteiger partial charge in [-0.2, -0.15) is 0 Å². The monoisotopic (exact) mass is 774 g/mol. The van der Waals surface area contributed by atoms with Crippen molar-refractivity contribution in [2.75, 3.05) is 18.2 Å². The van der Waals surface area contributed by atoms with Gasteiger partial charge in [0.1, 0.15) is 29.8 Å². The van der Waals surface area contributed by atoms with Gasteiger partial charge in [-0.05, 0) is 51.1 Å². The lowest BCUT2D eigenvalue weighted by Crippen LogP contribution is -2.75. The van der Waals surface area contributed by atoms with E-state index in [0.717, 1.165) is 32.7 Å². The lowest BCUT2D eigenvalue weighted by atomic mass is 9.77. The summed E-state index contributed by atoms with van der Waals surface area (Å²) in [5.74, 6) is -2.94. The predicted molar refractivity (Wildman–Crippen MR) is 206 cm³/mol. The van der Waals surface area contributed by atoms with Crippen LogP contribution in [0.1, 0.15) is 33.5 Å². The second-order valence-electron chi connectivity index (χ2n) is 13.1. The standard InChI is InChI=1S/C40H34N6O7S2/c1-53-44-32(30-22-54-39(41-30)43-40(26-11-5-2-6-12-26,27-13-7-3-8-14-27)28-15-9-4-10-16-28)35(48)42-33-36(49)46-34(38(50)51)31(23-55(52)37(33)46)45-20-24-17-18-29(47)19-25(24)21-45/h2-19,22,33,37,47H,20-21,23H2,1H3,(H,41,43)(H,42,48)(H,50,51)/b44-32-/t33?,37-,55?/m0/s1. The summed E-state index contributed by atoms with van der Waals surface area (Å²) in [5, 5.41) is 31.5. The highest BCUT2D eigenvalue weighted by Gasteiger charge is 2.62. The molecule has 2 unspecified atom stereocenters. The van der Waals surface area contributed by atoms with Crippen LogP contribution in [0.3, 0.4) is 0 Å². The third kappa shape index (κ3) is 6.35. The molecule has 1 saturated heterocycles. The van der Waals surface area contributed by atoms with Crippen molar-refractivity contribution in [1.82, 2.24) is 20.1 Å². The molecule has 8 rings (SSSR count). The summed E-state index contributed by atoms with van der Waals surface area (Å²) >= 11 is -0.519. The van der Waals surface area contributed by atoms with Gasteiger partial charge in [-0.15, -0.1) is 11.3 Å². The van der Waals surface area contributed by atoms with E-state index in [-0.39, 0.29) is 40.8 Å². The Morgan fingerprint density at radius 3 is 2.13 bits per heavy atom. The van der Waals surface area contributed by atoms with Crippen molar-refractivity contribution in [1.29, 1.82) is 0 Å². The Bertz CT molecular complexity index is 2240. The molecular weight excluding hydrogens is 741 g/mol. The predicted octanol–water partition coefficient (Wildman–Crippen LogP) is 4.33. The molecule has 4 heterocycles. The minimum atomic E-state index is -1.77. The maximum absolute atomic E-state index is 13.9. The molecule has 15 heteroatoms. The number of carboxylic acids is 1. The van der Waals surface area contributed by atoms with Gasteiger partial charge in [-0.3, -0.25) is 14.5 Å². The van der Waals surface area contributed by atoms with Gasteiger partial charge < -0.3 is 35.1 Å². The van der Waals surface area contributed by atoms with Crippen LogP contribution in [0.2, 0.25) is 0 Å². The number of aliphatic carboxylic acids is 1. The Hall–Kier alpha value is -6.16. The number of fused-ring (bicyclic) bond motifs is 2. The first-order valence-electron chi connectivity index (χ1n) is 17.2. The van der Waals surface area contributed by atoms with Gasteiger partial charge in [-0.25, -0.2) is 9.78 Å². The molecule has 0 spiro atoms. The average molecular weight is 775 g/mol. The summed E-state index contributed by atoms with van der Waals surface area (Å²) in [4.78, 5) is 52.7. The summed E-state index contributed by atoms with van der Waals surface area (Å²) in [7, 11) is 1.28. The molecule has 0 bridgehead atoms. The molecule has 3 atom stereocenters. The number of nitrogens with one attached hydrogen (secondary N) is 2. The Morgan fingerprint density at radius 1 is 0.945 bits per heavy atom. The molecule has 1 aromatic heterocycles. The fourth-order valence-electron chi connectivity index (χ4n) is 7.46. The van der Waals surface area contributed by atoms with Crippen molar-refractivity contribution >= 4 is 51.1 Å². The topological polar surface area (TPSA) is 180 Å². The molecule has 55 heavy (non-hydrogen) atoms. The van der Waals surface area contributed by atoms with E-state index >= 15 is 0 Å². The first-order valence-corrected chi connectivity index (χ1v) is 19.5. The van der Waals surface area contributed by atoms with Crippen molar-refractivity contribution < 1.29 is 34.0 Å². The number of phenolic OH excluding ortho intramolecular Hbond substituents is 1. The van der Waals surface area contributed by atoms with E-state index in [1.165, 1.54) is 18.4 Å². The molecule has 1 fully saturated rings. The number of aromatic nitrogens is 1. The fourth-order valence-corrected chi connectivity index (χ4v) is 9.90. The summed E-state index contributed by atoms with van der Waals surface area (Å²) < 4.78 is 13.7. The number of carbonyl (C=O) groups is 3. The Balaban J connectivity index is 1.06. The molecule has 0 radical (unpaired) electrons. The average Bonchev–Trinajstić information content (AvgIpc) is 3.85. The van der Waals surface area contributed by atoms with E-state index in [0.29, 0.717) is 11.7 Å². The normalized spacial score (nSPS) is 19.3. The van der Waals surface area contributed by atoms with Crippen molar-refractivity contribution in [3.8, 4) is 5.75 Å². The van der Waals surface area contributed by atoms with Gasteiger partial charge in [-0.1, -0.05) is 102 Å². The lowest BCUT2D eigenvalue weighted by Gasteiger charge is -2.49. The van der Waals surface area contributed by atoms with Gasteiger partial charge in [0.05, 0.1) is 5.70 Å².